The summed E-state index contributed by atoms with van der Waals surface area (Å²) >= 11 is 0. The van der Waals surface area contributed by atoms with Crippen LogP contribution in [0.2, 0.25) is 0 Å². The van der Waals surface area contributed by atoms with Crippen LogP contribution in [0.25, 0.3) is 11.3 Å². The average Bonchev–Trinajstić information content (AvgIpc) is 3.10. The first kappa shape index (κ1) is 35.0. The molecule has 4 amide bonds. The van der Waals surface area contributed by atoms with Gasteiger partial charge in [-0.2, -0.15) is 0 Å². The molecule has 0 unspecified atom stereocenters. The lowest BCUT2D eigenvalue weighted by atomic mass is 10.1. The number of pyridine rings is 1. The Morgan fingerprint density at radius 3 is 2.23 bits per heavy atom. The number of aliphatic carboxylic acids is 1. The van der Waals surface area contributed by atoms with E-state index < -0.39 is 36.0 Å². The molecule has 47 heavy (non-hydrogen) atoms. The smallest absolute Gasteiger partial charge is 0.409 e. The fourth-order valence-electron chi connectivity index (χ4n) is 5.41. The van der Waals surface area contributed by atoms with Crippen molar-refractivity contribution in [1.29, 1.82) is 0 Å². The number of nitrogens with one attached hydrogen (secondary N) is 1. The van der Waals surface area contributed by atoms with Crippen molar-refractivity contribution in [2.45, 2.75) is 57.6 Å². The molecule has 2 saturated heterocycles. The van der Waals surface area contributed by atoms with Crippen molar-refractivity contribution >= 4 is 30.0 Å². The molecule has 2 N–H and O–H groups in total. The summed E-state index contributed by atoms with van der Waals surface area (Å²) in [7, 11) is 1.34. The number of likely N-dealkylation sites (tertiary alicyclic amines) is 1. The molecule has 14 heteroatoms. The van der Waals surface area contributed by atoms with Crippen LogP contribution in [0.4, 0.5) is 9.59 Å². The van der Waals surface area contributed by atoms with E-state index in [4.69, 9.17) is 14.2 Å². The van der Waals surface area contributed by atoms with Gasteiger partial charge >= 0.3 is 18.2 Å². The van der Waals surface area contributed by atoms with Crippen LogP contribution in [0.1, 0.15) is 55.9 Å². The van der Waals surface area contributed by atoms with E-state index in [2.05, 4.69) is 10.3 Å². The van der Waals surface area contributed by atoms with Gasteiger partial charge in [-0.25, -0.2) is 14.6 Å². The third-order valence-corrected chi connectivity index (χ3v) is 8.10. The SMILES string of the molecule is CCCCOC(=O)N1CCN(C(=O)[C@H](CCC(=O)O)NC(=O)c2cc(OC3CCN(C(=O)OC)CC3)cc(-c3ccccc3)n2)CC1. The van der Waals surface area contributed by atoms with Gasteiger partial charge in [-0.3, -0.25) is 14.4 Å². The van der Waals surface area contributed by atoms with E-state index >= 15 is 0 Å². The van der Waals surface area contributed by atoms with Crippen molar-refractivity contribution in [1.82, 2.24) is 25.0 Å². The van der Waals surface area contributed by atoms with E-state index in [1.54, 1.807) is 11.0 Å². The van der Waals surface area contributed by atoms with Crippen molar-refractivity contribution in [2.75, 3.05) is 53.0 Å². The first-order valence-electron chi connectivity index (χ1n) is 16.0. The highest BCUT2D eigenvalue weighted by Crippen LogP contribution is 2.26. The minimum absolute atomic E-state index is 0.00104. The molecule has 14 nitrogen and oxygen atoms in total. The Bertz CT molecular complexity index is 1390. The predicted octanol–water partition coefficient (Wildman–Crippen LogP) is 3.40. The highest BCUT2D eigenvalue weighted by atomic mass is 16.6. The second-order valence-corrected chi connectivity index (χ2v) is 11.5. The maximum Gasteiger partial charge on any atom is 0.409 e. The van der Waals surface area contributed by atoms with E-state index in [-0.39, 0.29) is 50.8 Å². The molecule has 2 aliphatic rings. The number of carboxylic acids is 1. The molecule has 254 valence electrons. The lowest BCUT2D eigenvalue weighted by Gasteiger charge is -2.36. The fourth-order valence-corrected chi connectivity index (χ4v) is 5.41. The molecule has 1 aromatic carbocycles. The maximum absolute atomic E-state index is 13.7. The van der Waals surface area contributed by atoms with Gasteiger partial charge < -0.3 is 39.3 Å². The summed E-state index contributed by atoms with van der Waals surface area (Å²) in [5.41, 5.74) is 1.23. The molecule has 0 aliphatic carbocycles. The molecule has 3 heterocycles. The lowest BCUT2D eigenvalue weighted by Crippen LogP contribution is -2.56. The van der Waals surface area contributed by atoms with Crippen molar-refractivity contribution in [3.05, 3.63) is 48.2 Å². The normalized spacial score (nSPS) is 15.8. The largest absolute Gasteiger partial charge is 0.490 e. The molecular weight excluding hydrogens is 610 g/mol. The Labute approximate surface area is 273 Å². The van der Waals surface area contributed by atoms with Gasteiger partial charge in [-0.05, 0) is 12.8 Å². The first-order valence-corrected chi connectivity index (χ1v) is 16.0. The highest BCUT2D eigenvalue weighted by Gasteiger charge is 2.32. The third-order valence-electron chi connectivity index (χ3n) is 8.10. The van der Waals surface area contributed by atoms with Crippen LogP contribution < -0.4 is 10.1 Å². The number of hydrogen-bond acceptors (Lipinski definition) is 9. The maximum atomic E-state index is 13.7. The highest BCUT2D eigenvalue weighted by molar-refractivity contribution is 5.97. The minimum atomic E-state index is -1.13. The zero-order chi connectivity index (χ0) is 33.8. The molecule has 0 bridgehead atoms. The number of benzene rings is 1. The number of rotatable bonds is 12. The summed E-state index contributed by atoms with van der Waals surface area (Å²) in [4.78, 5) is 72.1. The van der Waals surface area contributed by atoms with Crippen LogP contribution in [0.5, 0.6) is 5.75 Å². The molecule has 2 aromatic rings. The number of piperidine rings is 1. The molecule has 4 rings (SSSR count). The van der Waals surface area contributed by atoms with Gasteiger partial charge in [0.05, 0.1) is 19.4 Å². The number of methoxy groups -OCH3 is 1. The predicted molar refractivity (Wildman–Crippen MR) is 170 cm³/mol. The van der Waals surface area contributed by atoms with Gasteiger partial charge in [-0.15, -0.1) is 0 Å². The quantitative estimate of drug-likeness (QED) is 0.324. The topological polar surface area (TPSA) is 168 Å². The molecule has 0 spiro atoms. The summed E-state index contributed by atoms with van der Waals surface area (Å²) in [6.07, 6.45) is 1.29. The third kappa shape index (κ3) is 10.1. The number of nitrogens with zero attached hydrogens (tertiary/aromatic N) is 4. The summed E-state index contributed by atoms with van der Waals surface area (Å²) in [5.74, 6) is -1.80. The Morgan fingerprint density at radius 2 is 1.60 bits per heavy atom. The number of amides is 4. The van der Waals surface area contributed by atoms with Crippen LogP contribution in [0, 0.1) is 0 Å². The summed E-state index contributed by atoms with van der Waals surface area (Å²) < 4.78 is 16.3. The van der Waals surface area contributed by atoms with Crippen LogP contribution in [-0.4, -0.2) is 120 Å². The van der Waals surface area contributed by atoms with E-state index in [0.29, 0.717) is 44.0 Å². The average molecular weight is 654 g/mol. The molecule has 2 aliphatic heterocycles. The van der Waals surface area contributed by atoms with Crippen LogP contribution >= 0.6 is 0 Å². The number of carbonyl (C=O) groups excluding carboxylic acids is 4. The van der Waals surface area contributed by atoms with Crippen molar-refractivity contribution < 1.29 is 43.3 Å². The Hall–Kier alpha value is -4.88. The van der Waals surface area contributed by atoms with Crippen molar-refractivity contribution in [3.63, 3.8) is 0 Å². The van der Waals surface area contributed by atoms with Gasteiger partial charge in [0.2, 0.25) is 5.91 Å². The minimum Gasteiger partial charge on any atom is -0.490 e. The van der Waals surface area contributed by atoms with Gasteiger partial charge in [-0.1, -0.05) is 43.7 Å². The van der Waals surface area contributed by atoms with Gasteiger partial charge in [0.25, 0.3) is 5.91 Å². The van der Waals surface area contributed by atoms with Crippen LogP contribution in [0.3, 0.4) is 0 Å². The molecular formula is C33H43N5O9. The lowest BCUT2D eigenvalue weighted by molar-refractivity contribution is -0.138. The Morgan fingerprint density at radius 1 is 0.936 bits per heavy atom. The number of hydrogen-bond donors (Lipinski definition) is 2. The number of carboxylic acid groups (broad SMARTS) is 1. The van der Waals surface area contributed by atoms with Crippen LogP contribution in [-0.2, 0) is 19.1 Å². The fraction of sp³-hybridized carbons (Fsp3) is 0.515. The number of ether oxygens (including phenoxy) is 3. The number of aromatic nitrogens is 1. The number of piperazine rings is 1. The van der Waals surface area contributed by atoms with Gasteiger partial charge in [0, 0.05) is 76.2 Å². The van der Waals surface area contributed by atoms with Crippen molar-refractivity contribution in [2.24, 2.45) is 0 Å². The molecule has 1 aromatic heterocycles. The van der Waals surface area contributed by atoms with E-state index in [9.17, 15) is 29.1 Å². The molecule has 0 radical (unpaired) electrons. The van der Waals surface area contributed by atoms with E-state index in [0.717, 1.165) is 18.4 Å². The van der Waals surface area contributed by atoms with Crippen LogP contribution in [0.15, 0.2) is 42.5 Å². The summed E-state index contributed by atoms with van der Waals surface area (Å²) in [5, 5.41) is 12.1. The Balaban J connectivity index is 1.48. The Kier molecular flexibility index (Phi) is 12.8. The first-order chi connectivity index (χ1) is 22.7. The molecule has 2 fully saturated rings. The number of unbranched alkanes of at least 4 members (excludes halogenated alkanes) is 1. The second-order valence-electron chi connectivity index (χ2n) is 11.5. The zero-order valence-corrected chi connectivity index (χ0v) is 26.9. The number of carbonyl (C=O) groups is 5. The van der Waals surface area contributed by atoms with Gasteiger partial charge in [0.15, 0.2) is 0 Å². The van der Waals surface area contributed by atoms with Gasteiger partial charge in [0.1, 0.15) is 23.6 Å². The van der Waals surface area contributed by atoms with Crippen molar-refractivity contribution in [3.8, 4) is 17.0 Å². The standard InChI is InChI=1S/C33H43N5O9/c1-3-4-20-46-33(44)38-18-16-36(17-19-38)31(42)26(10-11-29(39)40)35-30(41)28-22-25(21-27(34-28)23-8-6-5-7-9-23)47-24-12-14-37(15-13-24)32(43)45-2/h5-9,21-22,24,26H,3-4,10-20H2,1-2H3,(H,35,41)(H,39,40)/t26-/m0/s1. The van der Waals surface area contributed by atoms with E-state index in [1.165, 1.54) is 23.0 Å². The molecule has 1 atom stereocenters. The molecule has 0 saturated carbocycles. The zero-order valence-electron chi connectivity index (χ0n) is 26.9. The summed E-state index contributed by atoms with van der Waals surface area (Å²) in [6.45, 7) is 4.21. The second kappa shape index (κ2) is 17.2. The monoisotopic (exact) mass is 653 g/mol. The summed E-state index contributed by atoms with van der Waals surface area (Å²) in [6, 6.07) is 11.4. The van der Waals surface area contributed by atoms with E-state index in [1.807, 2.05) is 37.3 Å².